The van der Waals surface area contributed by atoms with Gasteiger partial charge in [0.2, 0.25) is 5.24 Å². The molecule has 14 heavy (non-hydrogen) atoms. The Labute approximate surface area is 83.4 Å². The molecule has 0 aliphatic carbocycles. The number of carbonyl (C=O) groups is 1. The third-order valence-corrected chi connectivity index (χ3v) is 1.70. The minimum absolute atomic E-state index is 0.0185. The van der Waals surface area contributed by atoms with Gasteiger partial charge in [0, 0.05) is 11.6 Å². The molecule has 0 heterocycles. The van der Waals surface area contributed by atoms with Gasteiger partial charge in [0.05, 0.1) is 11.3 Å². The van der Waals surface area contributed by atoms with Crippen LogP contribution >= 0.6 is 11.6 Å². The number of hydrogen-bond donors (Lipinski definition) is 0. The van der Waals surface area contributed by atoms with Gasteiger partial charge in [-0.25, -0.2) is 4.39 Å². The molecular formula is C8H5ClFNO3. The second-order valence-corrected chi connectivity index (χ2v) is 2.98. The van der Waals surface area contributed by atoms with Gasteiger partial charge in [0.25, 0.3) is 5.69 Å². The van der Waals surface area contributed by atoms with Crippen molar-refractivity contribution in [1.82, 2.24) is 0 Å². The van der Waals surface area contributed by atoms with Crippen LogP contribution < -0.4 is 0 Å². The van der Waals surface area contributed by atoms with Crippen molar-refractivity contribution in [3.8, 4) is 0 Å². The van der Waals surface area contributed by atoms with E-state index in [9.17, 15) is 19.3 Å². The fourth-order valence-electron chi connectivity index (χ4n) is 1.02. The Morgan fingerprint density at radius 3 is 2.71 bits per heavy atom. The highest BCUT2D eigenvalue weighted by atomic mass is 35.5. The molecule has 1 aromatic carbocycles. The van der Waals surface area contributed by atoms with Crippen LogP contribution in [0.3, 0.4) is 0 Å². The van der Waals surface area contributed by atoms with Crippen LogP contribution in [0.2, 0.25) is 0 Å². The molecule has 0 saturated heterocycles. The van der Waals surface area contributed by atoms with Gasteiger partial charge in [-0.05, 0) is 23.7 Å². The van der Waals surface area contributed by atoms with Crippen LogP contribution in [0, 0.1) is 15.9 Å². The Morgan fingerprint density at radius 2 is 2.21 bits per heavy atom. The van der Waals surface area contributed by atoms with Crippen LogP contribution in [0.1, 0.15) is 5.56 Å². The van der Waals surface area contributed by atoms with Crippen molar-refractivity contribution in [2.45, 2.75) is 6.42 Å². The first-order valence-electron chi connectivity index (χ1n) is 3.62. The molecule has 0 unspecified atom stereocenters. The maximum Gasteiger partial charge on any atom is 0.273 e. The molecule has 6 heteroatoms. The van der Waals surface area contributed by atoms with E-state index in [-0.39, 0.29) is 17.7 Å². The number of carbonyl (C=O) groups excluding carboxylic acids is 1. The smallest absolute Gasteiger partial charge is 0.273 e. The predicted molar refractivity (Wildman–Crippen MR) is 47.6 cm³/mol. The monoisotopic (exact) mass is 217 g/mol. The van der Waals surface area contributed by atoms with Gasteiger partial charge < -0.3 is 0 Å². The fourth-order valence-corrected chi connectivity index (χ4v) is 1.17. The molecule has 0 N–H and O–H groups in total. The average Bonchev–Trinajstić information content (AvgIpc) is 2.01. The minimum Gasteiger partial charge on any atom is -0.281 e. The standard InChI is InChI=1S/C8H5ClFNO3/c9-8(12)4-5-3-6(10)1-2-7(5)11(13)14/h1-3H,4H2. The van der Waals surface area contributed by atoms with Crippen LogP contribution in [0.4, 0.5) is 10.1 Å². The lowest BCUT2D eigenvalue weighted by Crippen LogP contribution is -2.00. The van der Waals surface area contributed by atoms with Crippen LogP contribution in [0.15, 0.2) is 18.2 Å². The zero-order valence-corrected chi connectivity index (χ0v) is 7.62. The van der Waals surface area contributed by atoms with E-state index in [0.29, 0.717) is 0 Å². The van der Waals surface area contributed by atoms with Gasteiger partial charge in [-0.2, -0.15) is 0 Å². The maximum absolute atomic E-state index is 12.7. The van der Waals surface area contributed by atoms with Crippen molar-refractivity contribution < 1.29 is 14.1 Å². The Hall–Kier alpha value is -1.49. The van der Waals surface area contributed by atoms with E-state index in [1.807, 2.05) is 0 Å². The van der Waals surface area contributed by atoms with Gasteiger partial charge in [-0.3, -0.25) is 14.9 Å². The Morgan fingerprint density at radius 1 is 1.57 bits per heavy atom. The van der Waals surface area contributed by atoms with Crippen LogP contribution in [0.25, 0.3) is 0 Å². The molecule has 0 aliphatic heterocycles. The molecule has 0 atom stereocenters. The molecule has 1 rings (SSSR count). The third kappa shape index (κ3) is 2.50. The number of rotatable bonds is 3. The van der Waals surface area contributed by atoms with Crippen molar-refractivity contribution in [2.75, 3.05) is 0 Å². The minimum atomic E-state index is -0.765. The molecule has 0 aromatic heterocycles. The summed E-state index contributed by atoms with van der Waals surface area (Å²) in [6, 6.07) is 2.89. The normalized spacial score (nSPS) is 9.86. The number of halogens is 2. The van der Waals surface area contributed by atoms with Crippen molar-refractivity contribution >= 4 is 22.5 Å². The van der Waals surface area contributed by atoms with E-state index >= 15 is 0 Å². The number of hydrogen-bond acceptors (Lipinski definition) is 3. The number of benzene rings is 1. The van der Waals surface area contributed by atoms with E-state index < -0.39 is 16.0 Å². The van der Waals surface area contributed by atoms with Crippen molar-refractivity contribution in [2.24, 2.45) is 0 Å². The van der Waals surface area contributed by atoms with E-state index in [2.05, 4.69) is 0 Å². The van der Waals surface area contributed by atoms with Gasteiger partial charge in [0.15, 0.2) is 0 Å². The highest BCUT2D eigenvalue weighted by Crippen LogP contribution is 2.20. The lowest BCUT2D eigenvalue weighted by molar-refractivity contribution is -0.385. The Balaban J connectivity index is 3.15. The van der Waals surface area contributed by atoms with Crippen LogP contribution in [-0.4, -0.2) is 10.2 Å². The molecule has 0 aliphatic rings. The zero-order chi connectivity index (χ0) is 10.7. The summed E-state index contributed by atoms with van der Waals surface area (Å²) in [5, 5.41) is 9.68. The molecule has 0 fully saturated rings. The molecule has 4 nitrogen and oxygen atoms in total. The SMILES string of the molecule is O=C(Cl)Cc1cc(F)ccc1[N+](=O)[O-]. The van der Waals surface area contributed by atoms with Gasteiger partial charge >= 0.3 is 0 Å². The van der Waals surface area contributed by atoms with E-state index in [0.717, 1.165) is 18.2 Å². The lowest BCUT2D eigenvalue weighted by Gasteiger charge is -1.99. The molecule has 0 amide bonds. The molecular weight excluding hydrogens is 213 g/mol. The highest BCUT2D eigenvalue weighted by molar-refractivity contribution is 6.63. The fraction of sp³-hybridized carbons (Fsp3) is 0.125. The van der Waals surface area contributed by atoms with Crippen LogP contribution in [-0.2, 0) is 11.2 Å². The molecule has 0 radical (unpaired) electrons. The van der Waals surface area contributed by atoms with Crippen molar-refractivity contribution in [3.05, 3.63) is 39.7 Å². The van der Waals surface area contributed by atoms with Gasteiger partial charge in [0.1, 0.15) is 5.82 Å². The number of nitrogens with zero attached hydrogens (tertiary/aromatic N) is 1. The average molecular weight is 218 g/mol. The number of nitro groups is 1. The lowest BCUT2D eigenvalue weighted by atomic mass is 10.1. The third-order valence-electron chi connectivity index (χ3n) is 1.57. The number of nitro benzene ring substituents is 1. The quantitative estimate of drug-likeness (QED) is 0.442. The first-order chi connectivity index (χ1) is 6.50. The van der Waals surface area contributed by atoms with Crippen molar-refractivity contribution in [1.29, 1.82) is 0 Å². The summed E-state index contributed by atoms with van der Waals surface area (Å²) in [5.74, 6) is -0.636. The van der Waals surface area contributed by atoms with Crippen molar-refractivity contribution in [3.63, 3.8) is 0 Å². The van der Waals surface area contributed by atoms with Gasteiger partial charge in [-0.15, -0.1) is 0 Å². The first kappa shape index (κ1) is 10.6. The second-order valence-electron chi connectivity index (χ2n) is 2.56. The van der Waals surface area contributed by atoms with Gasteiger partial charge in [-0.1, -0.05) is 0 Å². The summed E-state index contributed by atoms with van der Waals surface area (Å²) in [7, 11) is 0. The molecule has 0 spiro atoms. The summed E-state index contributed by atoms with van der Waals surface area (Å²) in [5.41, 5.74) is -0.324. The molecule has 0 bridgehead atoms. The summed E-state index contributed by atoms with van der Waals surface area (Å²) < 4.78 is 12.7. The largest absolute Gasteiger partial charge is 0.281 e. The van der Waals surface area contributed by atoms with E-state index in [1.165, 1.54) is 0 Å². The van der Waals surface area contributed by atoms with E-state index in [4.69, 9.17) is 11.6 Å². The predicted octanol–water partition coefficient (Wildman–Crippen LogP) is 2.04. The topological polar surface area (TPSA) is 60.2 Å². The second kappa shape index (κ2) is 4.15. The molecule has 74 valence electrons. The Bertz CT molecular complexity index is 394. The first-order valence-corrected chi connectivity index (χ1v) is 3.99. The highest BCUT2D eigenvalue weighted by Gasteiger charge is 2.15. The summed E-state index contributed by atoms with van der Waals surface area (Å²) in [4.78, 5) is 20.3. The molecule has 0 saturated carbocycles. The Kier molecular flexibility index (Phi) is 3.14. The molecule has 1 aromatic rings. The zero-order valence-electron chi connectivity index (χ0n) is 6.87. The maximum atomic E-state index is 12.7. The van der Waals surface area contributed by atoms with Crippen LogP contribution in [0.5, 0.6) is 0 Å². The summed E-state index contributed by atoms with van der Waals surface area (Å²) in [6.07, 6.45) is -0.352. The summed E-state index contributed by atoms with van der Waals surface area (Å²) >= 11 is 5.06. The van der Waals surface area contributed by atoms with E-state index in [1.54, 1.807) is 0 Å². The summed E-state index contributed by atoms with van der Waals surface area (Å²) in [6.45, 7) is 0.